The van der Waals surface area contributed by atoms with Crippen LogP contribution in [-0.4, -0.2) is 59.3 Å². The quantitative estimate of drug-likeness (QED) is 0.570. The molecule has 1 aromatic carbocycles. The molecule has 0 aromatic heterocycles. The normalized spacial score (nSPS) is 18.4. The van der Waals surface area contributed by atoms with Crippen molar-refractivity contribution < 1.29 is 19.2 Å². The van der Waals surface area contributed by atoms with Crippen molar-refractivity contribution in [2.24, 2.45) is 5.92 Å². The molecule has 0 bridgehead atoms. The van der Waals surface area contributed by atoms with Crippen LogP contribution in [0.5, 0.6) is 5.75 Å². The first-order valence-corrected chi connectivity index (χ1v) is 9.99. The molecule has 0 unspecified atom stereocenters. The molecule has 2 amide bonds. The zero-order valence-electron chi connectivity index (χ0n) is 16.0. The summed E-state index contributed by atoms with van der Waals surface area (Å²) in [6, 6.07) is 6.02. The minimum atomic E-state index is -0.528. The Bertz CT molecular complexity index is 708. The maximum absolute atomic E-state index is 12.7. The van der Waals surface area contributed by atoms with Gasteiger partial charge >= 0.3 is 5.69 Å². The molecule has 2 heterocycles. The number of nitro groups is 1. The van der Waals surface area contributed by atoms with E-state index in [4.69, 9.17) is 4.74 Å². The van der Waals surface area contributed by atoms with Crippen molar-refractivity contribution in [3.63, 3.8) is 0 Å². The molecule has 2 saturated heterocycles. The first kappa shape index (κ1) is 20.1. The third kappa shape index (κ3) is 4.99. The molecule has 0 N–H and O–H groups in total. The van der Waals surface area contributed by atoms with E-state index >= 15 is 0 Å². The number of carbonyl (C=O) groups excluding carboxylic acids is 2. The topological polar surface area (TPSA) is 93.0 Å². The highest BCUT2D eigenvalue weighted by Gasteiger charge is 2.30. The molecule has 2 aliphatic heterocycles. The van der Waals surface area contributed by atoms with E-state index in [9.17, 15) is 19.7 Å². The van der Waals surface area contributed by atoms with Gasteiger partial charge in [-0.2, -0.15) is 0 Å². The Labute approximate surface area is 164 Å². The van der Waals surface area contributed by atoms with Gasteiger partial charge in [-0.1, -0.05) is 25.0 Å². The largest absolute Gasteiger partial charge is 0.477 e. The molecular formula is C20H27N3O5. The van der Waals surface area contributed by atoms with Crippen LogP contribution in [0.15, 0.2) is 24.3 Å². The highest BCUT2D eigenvalue weighted by molar-refractivity contribution is 5.80. The third-order valence-corrected chi connectivity index (χ3v) is 5.53. The summed E-state index contributed by atoms with van der Waals surface area (Å²) in [5, 5.41) is 11.0. The minimum absolute atomic E-state index is 0.0155. The van der Waals surface area contributed by atoms with Gasteiger partial charge in [-0.15, -0.1) is 0 Å². The minimum Gasteiger partial charge on any atom is -0.477 e. The molecule has 0 atom stereocenters. The summed E-state index contributed by atoms with van der Waals surface area (Å²) in [4.78, 5) is 39.3. The summed E-state index contributed by atoms with van der Waals surface area (Å²) < 4.78 is 5.39. The summed E-state index contributed by atoms with van der Waals surface area (Å²) in [5.41, 5.74) is -0.156. The van der Waals surface area contributed by atoms with Gasteiger partial charge in [-0.3, -0.25) is 19.7 Å². The van der Waals surface area contributed by atoms with Crippen molar-refractivity contribution in [1.82, 2.24) is 9.80 Å². The fourth-order valence-electron chi connectivity index (χ4n) is 3.89. The second-order valence-electron chi connectivity index (χ2n) is 7.41. The predicted octanol–water partition coefficient (Wildman–Crippen LogP) is 2.61. The van der Waals surface area contributed by atoms with Crippen LogP contribution in [0.3, 0.4) is 0 Å². The number of hydrogen-bond donors (Lipinski definition) is 0. The SMILES string of the molecule is O=C(COc1ccccc1[N+](=O)[O-])N1CCC(C(=O)N2CCCCCC2)CC1. The van der Waals surface area contributed by atoms with Crippen LogP contribution in [0.2, 0.25) is 0 Å². The lowest BCUT2D eigenvalue weighted by Crippen LogP contribution is -2.45. The van der Waals surface area contributed by atoms with E-state index in [1.54, 1.807) is 17.0 Å². The van der Waals surface area contributed by atoms with Crippen LogP contribution in [-0.2, 0) is 9.59 Å². The fourth-order valence-corrected chi connectivity index (χ4v) is 3.89. The second kappa shape index (κ2) is 9.52. The van der Waals surface area contributed by atoms with Crippen LogP contribution in [0.4, 0.5) is 5.69 Å². The molecule has 2 fully saturated rings. The number of ether oxygens (including phenoxy) is 1. The molecule has 2 aliphatic rings. The monoisotopic (exact) mass is 389 g/mol. The molecule has 8 nitrogen and oxygen atoms in total. The van der Waals surface area contributed by atoms with Gasteiger partial charge in [0, 0.05) is 38.2 Å². The Hall–Kier alpha value is -2.64. The van der Waals surface area contributed by atoms with Gasteiger partial charge in [-0.05, 0) is 31.7 Å². The van der Waals surface area contributed by atoms with Crippen molar-refractivity contribution in [3.8, 4) is 5.75 Å². The molecule has 0 spiro atoms. The number of nitrogens with zero attached hydrogens (tertiary/aromatic N) is 3. The van der Waals surface area contributed by atoms with Gasteiger partial charge in [0.2, 0.25) is 5.91 Å². The number of carbonyl (C=O) groups is 2. The van der Waals surface area contributed by atoms with Crippen molar-refractivity contribution in [1.29, 1.82) is 0 Å². The van der Waals surface area contributed by atoms with E-state index < -0.39 is 4.92 Å². The first-order chi connectivity index (χ1) is 13.6. The van der Waals surface area contributed by atoms with E-state index in [1.807, 2.05) is 4.90 Å². The summed E-state index contributed by atoms with van der Waals surface area (Å²) in [5.74, 6) is 0.0920. The van der Waals surface area contributed by atoms with E-state index in [-0.39, 0.29) is 35.8 Å². The van der Waals surface area contributed by atoms with Crippen molar-refractivity contribution >= 4 is 17.5 Å². The van der Waals surface area contributed by atoms with E-state index in [2.05, 4.69) is 0 Å². The molecule has 3 rings (SSSR count). The lowest BCUT2D eigenvalue weighted by Gasteiger charge is -2.34. The second-order valence-corrected chi connectivity index (χ2v) is 7.41. The molecular weight excluding hydrogens is 362 g/mol. The number of amides is 2. The van der Waals surface area contributed by atoms with Crippen LogP contribution in [0, 0.1) is 16.0 Å². The summed E-state index contributed by atoms with van der Waals surface area (Å²) in [7, 11) is 0. The molecule has 1 aromatic rings. The highest BCUT2D eigenvalue weighted by Crippen LogP contribution is 2.26. The van der Waals surface area contributed by atoms with Crippen LogP contribution < -0.4 is 4.74 Å². The Morgan fingerprint density at radius 1 is 1.00 bits per heavy atom. The number of para-hydroxylation sites is 2. The molecule has 8 heteroatoms. The lowest BCUT2D eigenvalue weighted by atomic mass is 9.95. The summed E-state index contributed by atoms with van der Waals surface area (Å²) >= 11 is 0. The molecule has 0 saturated carbocycles. The first-order valence-electron chi connectivity index (χ1n) is 9.99. The van der Waals surface area contributed by atoms with Crippen LogP contribution in [0.25, 0.3) is 0 Å². The Balaban J connectivity index is 1.47. The molecule has 152 valence electrons. The van der Waals surface area contributed by atoms with Gasteiger partial charge in [0.05, 0.1) is 4.92 Å². The third-order valence-electron chi connectivity index (χ3n) is 5.53. The van der Waals surface area contributed by atoms with Crippen molar-refractivity contribution in [2.75, 3.05) is 32.8 Å². The zero-order valence-corrected chi connectivity index (χ0v) is 16.0. The average molecular weight is 389 g/mol. The maximum atomic E-state index is 12.7. The Kier molecular flexibility index (Phi) is 6.84. The standard InChI is InChI=1S/C20H27N3O5/c24-19(15-28-18-8-4-3-7-17(18)23(26)27)21-13-9-16(10-14-21)20(25)22-11-5-1-2-6-12-22/h3-4,7-8,16H,1-2,5-6,9-15H2. The number of likely N-dealkylation sites (tertiary alicyclic amines) is 2. The van der Waals surface area contributed by atoms with E-state index in [0.717, 1.165) is 25.9 Å². The smallest absolute Gasteiger partial charge is 0.310 e. The van der Waals surface area contributed by atoms with Gasteiger partial charge in [0.1, 0.15) is 0 Å². The van der Waals surface area contributed by atoms with Crippen molar-refractivity contribution in [3.05, 3.63) is 34.4 Å². The molecule has 0 aliphatic carbocycles. The Morgan fingerprint density at radius 3 is 2.29 bits per heavy atom. The van der Waals surface area contributed by atoms with Gasteiger partial charge in [-0.25, -0.2) is 0 Å². The van der Waals surface area contributed by atoms with E-state index in [1.165, 1.54) is 25.0 Å². The average Bonchev–Trinajstić information content (AvgIpc) is 3.01. The maximum Gasteiger partial charge on any atom is 0.310 e. The predicted molar refractivity (Wildman–Crippen MR) is 103 cm³/mol. The zero-order chi connectivity index (χ0) is 19.9. The number of rotatable bonds is 5. The summed E-state index contributed by atoms with van der Waals surface area (Å²) in [6.45, 7) is 2.49. The number of hydrogen-bond acceptors (Lipinski definition) is 5. The molecule has 0 radical (unpaired) electrons. The highest BCUT2D eigenvalue weighted by atomic mass is 16.6. The lowest BCUT2D eigenvalue weighted by molar-refractivity contribution is -0.385. The van der Waals surface area contributed by atoms with Crippen molar-refractivity contribution in [2.45, 2.75) is 38.5 Å². The summed E-state index contributed by atoms with van der Waals surface area (Å²) in [6.07, 6.45) is 5.85. The number of piperidine rings is 1. The number of benzene rings is 1. The van der Waals surface area contributed by atoms with Gasteiger partial charge < -0.3 is 14.5 Å². The fraction of sp³-hybridized carbons (Fsp3) is 0.600. The number of nitro benzene ring substituents is 1. The van der Waals surface area contributed by atoms with Gasteiger partial charge in [0.15, 0.2) is 12.4 Å². The van der Waals surface area contributed by atoms with E-state index in [0.29, 0.717) is 25.9 Å². The van der Waals surface area contributed by atoms with Crippen LogP contribution >= 0.6 is 0 Å². The molecule has 28 heavy (non-hydrogen) atoms. The van der Waals surface area contributed by atoms with Crippen LogP contribution in [0.1, 0.15) is 38.5 Å². The Morgan fingerprint density at radius 2 is 1.64 bits per heavy atom. The van der Waals surface area contributed by atoms with Gasteiger partial charge in [0.25, 0.3) is 5.91 Å².